The maximum absolute atomic E-state index is 15.3. The number of benzene rings is 1. The third kappa shape index (κ3) is 4.38. The first-order valence-electron chi connectivity index (χ1n) is 15.9. The molecule has 46 heavy (non-hydrogen) atoms. The number of halogens is 4. The van der Waals surface area contributed by atoms with E-state index in [1.54, 1.807) is 45.0 Å². The molecule has 3 aliphatic heterocycles. The largest absolute Gasteiger partial charge is 0.341 e. The quantitative estimate of drug-likeness (QED) is 0.487. The van der Waals surface area contributed by atoms with E-state index < -0.39 is 89.1 Å². The van der Waals surface area contributed by atoms with Gasteiger partial charge in [-0.1, -0.05) is 39.0 Å². The Bertz CT molecular complexity index is 1570. The lowest BCUT2D eigenvalue weighted by molar-refractivity contribution is -0.185. The van der Waals surface area contributed by atoms with Crippen molar-refractivity contribution in [3.63, 3.8) is 0 Å². The van der Waals surface area contributed by atoms with Crippen LogP contribution in [0, 0.1) is 40.4 Å². The molecule has 5 fully saturated rings. The van der Waals surface area contributed by atoms with Gasteiger partial charge in [-0.2, -0.15) is 5.26 Å². The highest BCUT2D eigenvalue weighted by Crippen LogP contribution is 2.59. The van der Waals surface area contributed by atoms with E-state index in [2.05, 4.69) is 16.7 Å². The lowest BCUT2D eigenvalue weighted by Gasteiger charge is -2.42. The average molecular weight is 644 g/mol. The number of anilines is 1. The van der Waals surface area contributed by atoms with Gasteiger partial charge in [-0.3, -0.25) is 19.2 Å². The van der Waals surface area contributed by atoms with Gasteiger partial charge in [0.1, 0.15) is 24.3 Å². The zero-order valence-electron chi connectivity index (χ0n) is 25.9. The van der Waals surface area contributed by atoms with Gasteiger partial charge < -0.3 is 20.4 Å². The number of nitrogens with one attached hydrogen (secondary N) is 2. The normalized spacial score (nSPS) is 36.9. The molecule has 3 heterocycles. The van der Waals surface area contributed by atoms with Crippen LogP contribution in [0.15, 0.2) is 24.3 Å². The summed E-state index contributed by atoms with van der Waals surface area (Å²) in [5.41, 5.74) is -3.73. The van der Waals surface area contributed by atoms with Crippen molar-refractivity contribution in [3.05, 3.63) is 29.8 Å². The molecule has 246 valence electrons. The molecular formula is C33H37F4N5O4. The molecule has 0 aromatic heterocycles. The van der Waals surface area contributed by atoms with Gasteiger partial charge in [0.05, 0.1) is 24.3 Å². The highest BCUT2D eigenvalue weighted by atomic mass is 19.3. The van der Waals surface area contributed by atoms with Gasteiger partial charge in [-0.15, -0.1) is 0 Å². The predicted molar refractivity (Wildman–Crippen MR) is 155 cm³/mol. The van der Waals surface area contributed by atoms with Gasteiger partial charge in [-0.25, -0.2) is 17.6 Å². The number of carbonyl (C=O) groups is 4. The number of nitriles is 1. The minimum absolute atomic E-state index is 0.0501. The van der Waals surface area contributed by atoms with E-state index in [0.717, 1.165) is 0 Å². The first-order chi connectivity index (χ1) is 21.5. The Balaban J connectivity index is 1.22. The lowest BCUT2D eigenvalue weighted by Crippen LogP contribution is -2.64. The highest BCUT2D eigenvalue weighted by Gasteiger charge is 2.66. The Morgan fingerprint density at radius 1 is 1.09 bits per heavy atom. The van der Waals surface area contributed by atoms with Crippen LogP contribution >= 0.6 is 0 Å². The van der Waals surface area contributed by atoms with Crippen LogP contribution in [0.1, 0.15) is 58.4 Å². The molecule has 9 nitrogen and oxygen atoms in total. The number of hydrogen-bond acceptors (Lipinski definition) is 5. The second kappa shape index (κ2) is 9.91. The van der Waals surface area contributed by atoms with Crippen molar-refractivity contribution in [2.45, 2.75) is 94.2 Å². The summed E-state index contributed by atoms with van der Waals surface area (Å²) in [5.74, 6) is -7.50. The molecule has 2 saturated heterocycles. The van der Waals surface area contributed by atoms with Crippen LogP contribution in [0.2, 0.25) is 0 Å². The number of para-hydroxylation sites is 1. The lowest BCUT2D eigenvalue weighted by atomic mass is 9.76. The molecule has 4 amide bonds. The molecule has 3 saturated carbocycles. The number of hydrogen-bond donors (Lipinski definition) is 2. The van der Waals surface area contributed by atoms with Gasteiger partial charge in [0.15, 0.2) is 5.67 Å². The predicted octanol–water partition coefficient (Wildman–Crippen LogP) is 3.49. The number of fused-ring (bicyclic) bond motifs is 7. The van der Waals surface area contributed by atoms with Gasteiger partial charge in [-0.05, 0) is 53.6 Å². The van der Waals surface area contributed by atoms with E-state index in [-0.39, 0.29) is 37.3 Å². The van der Waals surface area contributed by atoms with Crippen molar-refractivity contribution in [3.8, 4) is 6.07 Å². The molecule has 7 rings (SSSR count). The Morgan fingerprint density at radius 3 is 2.43 bits per heavy atom. The van der Waals surface area contributed by atoms with E-state index in [1.807, 2.05) is 0 Å². The van der Waals surface area contributed by atoms with Crippen LogP contribution in [-0.4, -0.2) is 82.4 Å². The SMILES string of the molecule is CC(C)(C)C(NC(=O)C1(F)CC(F)(F)C1)C(=O)N1CC2C3CC(F)C(C3)C2C1C(=O)N1CC2(CC1C#N)C(=O)Nc1ccccc12. The van der Waals surface area contributed by atoms with E-state index in [1.165, 1.54) is 9.80 Å². The first-order valence-corrected chi connectivity index (χ1v) is 15.9. The van der Waals surface area contributed by atoms with Crippen LogP contribution in [0.5, 0.6) is 0 Å². The number of likely N-dealkylation sites (tertiary alicyclic amines) is 2. The highest BCUT2D eigenvalue weighted by molar-refractivity contribution is 6.07. The Morgan fingerprint density at radius 2 is 1.78 bits per heavy atom. The number of alkyl halides is 4. The van der Waals surface area contributed by atoms with E-state index in [0.29, 0.717) is 24.1 Å². The fourth-order valence-electron chi connectivity index (χ4n) is 9.41. The average Bonchev–Trinajstić information content (AvgIpc) is 3.76. The molecule has 9 atom stereocenters. The van der Waals surface area contributed by atoms with Crippen LogP contribution in [0.3, 0.4) is 0 Å². The molecule has 1 aromatic rings. The molecule has 0 radical (unpaired) electrons. The van der Waals surface area contributed by atoms with Crippen molar-refractivity contribution >= 4 is 29.3 Å². The van der Waals surface area contributed by atoms with Crippen molar-refractivity contribution in [2.75, 3.05) is 18.4 Å². The second-order valence-electron chi connectivity index (χ2n) is 15.4. The summed E-state index contributed by atoms with van der Waals surface area (Å²) in [5, 5.41) is 15.4. The first kappa shape index (κ1) is 30.9. The van der Waals surface area contributed by atoms with Crippen molar-refractivity contribution in [2.24, 2.45) is 29.1 Å². The van der Waals surface area contributed by atoms with E-state index >= 15 is 8.78 Å². The van der Waals surface area contributed by atoms with Crippen molar-refractivity contribution in [1.82, 2.24) is 15.1 Å². The summed E-state index contributed by atoms with van der Waals surface area (Å²) in [6.45, 7) is 4.91. The van der Waals surface area contributed by atoms with Crippen molar-refractivity contribution in [1.29, 1.82) is 5.26 Å². The van der Waals surface area contributed by atoms with Crippen LogP contribution < -0.4 is 10.6 Å². The summed E-state index contributed by atoms with van der Waals surface area (Å²) in [6.07, 6.45) is -2.79. The minimum Gasteiger partial charge on any atom is -0.341 e. The smallest absolute Gasteiger partial charge is 0.258 e. The number of rotatable bonds is 4. The molecule has 6 aliphatic rings. The fraction of sp³-hybridized carbons (Fsp3) is 0.667. The summed E-state index contributed by atoms with van der Waals surface area (Å²) >= 11 is 0. The molecule has 1 aromatic carbocycles. The third-order valence-electron chi connectivity index (χ3n) is 11.6. The maximum atomic E-state index is 15.3. The van der Waals surface area contributed by atoms with Crippen molar-refractivity contribution < 1.29 is 36.7 Å². The Kier molecular flexibility index (Phi) is 6.66. The molecule has 13 heteroatoms. The van der Waals surface area contributed by atoms with Crippen LogP contribution in [-0.2, 0) is 24.6 Å². The second-order valence-corrected chi connectivity index (χ2v) is 15.4. The fourth-order valence-corrected chi connectivity index (χ4v) is 9.41. The van der Waals surface area contributed by atoms with E-state index in [9.17, 15) is 33.2 Å². The van der Waals surface area contributed by atoms with Gasteiger partial charge in [0.25, 0.3) is 11.8 Å². The topological polar surface area (TPSA) is 123 Å². The molecule has 9 unspecified atom stereocenters. The van der Waals surface area contributed by atoms with Gasteiger partial charge >= 0.3 is 0 Å². The molecule has 1 spiro atoms. The number of nitrogens with zero attached hydrogens (tertiary/aromatic N) is 3. The van der Waals surface area contributed by atoms with Gasteiger partial charge in [0.2, 0.25) is 17.7 Å². The molecular weight excluding hydrogens is 606 g/mol. The Hall–Kier alpha value is -3.69. The summed E-state index contributed by atoms with van der Waals surface area (Å²) in [4.78, 5) is 58.1. The molecule has 3 aliphatic carbocycles. The number of carbonyl (C=O) groups excluding carboxylic acids is 4. The standard InChI is InChI=1S/C33H37F4N5O4/c1-30(2,3)25(40-29(46)32(35)13-33(36,37)14-32)27(44)41-12-19-16-8-18(21(34)9-16)23(19)24(41)26(43)42-15-31(10-17(42)11-38)20-6-4-5-7-22(20)39-28(31)45/h4-7,16-19,21,23-25H,8-10,12-15H2,1-3H3,(H,39,45)(H,40,46). The Labute approximate surface area is 264 Å². The molecule has 2 N–H and O–H groups in total. The summed E-state index contributed by atoms with van der Waals surface area (Å²) in [6, 6.07) is 5.70. The van der Waals surface area contributed by atoms with Gasteiger partial charge in [0, 0.05) is 25.2 Å². The number of amides is 4. The van der Waals surface area contributed by atoms with Crippen LogP contribution in [0.25, 0.3) is 0 Å². The summed E-state index contributed by atoms with van der Waals surface area (Å²) in [7, 11) is 0. The molecule has 2 bridgehead atoms. The van der Waals surface area contributed by atoms with E-state index in [4.69, 9.17) is 0 Å². The zero-order valence-corrected chi connectivity index (χ0v) is 25.9. The summed E-state index contributed by atoms with van der Waals surface area (Å²) < 4.78 is 57.5. The maximum Gasteiger partial charge on any atom is 0.258 e. The monoisotopic (exact) mass is 643 g/mol. The minimum atomic E-state index is -3.32. The third-order valence-corrected chi connectivity index (χ3v) is 11.6. The van der Waals surface area contributed by atoms with Crippen LogP contribution in [0.4, 0.5) is 23.2 Å². The zero-order chi connectivity index (χ0) is 33.1.